The SMILES string of the molecule is COC(=O)c1nc2ccccc2n(Cc2ccccc2)c1=O. The smallest absolute Gasteiger partial charge is 0.362 e. The molecule has 1 aromatic heterocycles. The standard InChI is InChI=1S/C17H14N2O3/c1-22-17(21)15-16(20)19(11-12-7-3-2-4-8-12)14-10-6-5-9-13(14)18-15/h2-10H,11H2,1H3. The number of carbonyl (C=O) groups excluding carboxylic acids is 1. The monoisotopic (exact) mass is 294 g/mol. The number of para-hydroxylation sites is 2. The molecule has 0 aliphatic carbocycles. The van der Waals surface area contributed by atoms with Gasteiger partial charge in [-0.1, -0.05) is 42.5 Å². The van der Waals surface area contributed by atoms with Gasteiger partial charge in [-0.25, -0.2) is 9.78 Å². The van der Waals surface area contributed by atoms with Crippen LogP contribution in [0.3, 0.4) is 0 Å². The Kier molecular flexibility index (Phi) is 3.70. The van der Waals surface area contributed by atoms with Crippen molar-refractivity contribution in [2.24, 2.45) is 0 Å². The summed E-state index contributed by atoms with van der Waals surface area (Å²) in [5.74, 6) is -0.724. The molecule has 3 aromatic rings. The summed E-state index contributed by atoms with van der Waals surface area (Å²) in [6.45, 7) is 0.368. The number of fused-ring (bicyclic) bond motifs is 1. The summed E-state index contributed by atoms with van der Waals surface area (Å²) in [5.41, 5.74) is 1.59. The molecule has 0 unspecified atom stereocenters. The lowest BCUT2D eigenvalue weighted by Gasteiger charge is -2.11. The average molecular weight is 294 g/mol. The minimum atomic E-state index is -0.724. The Balaban J connectivity index is 2.24. The lowest BCUT2D eigenvalue weighted by Crippen LogP contribution is -2.29. The Morgan fingerprint density at radius 3 is 2.50 bits per heavy atom. The van der Waals surface area contributed by atoms with Crippen molar-refractivity contribution in [3.8, 4) is 0 Å². The second kappa shape index (κ2) is 5.81. The molecule has 110 valence electrons. The van der Waals surface area contributed by atoms with E-state index in [4.69, 9.17) is 0 Å². The largest absolute Gasteiger partial charge is 0.464 e. The van der Waals surface area contributed by atoms with Gasteiger partial charge in [0.1, 0.15) is 0 Å². The van der Waals surface area contributed by atoms with Crippen LogP contribution in [0.4, 0.5) is 0 Å². The zero-order valence-electron chi connectivity index (χ0n) is 12.0. The molecule has 3 rings (SSSR count). The van der Waals surface area contributed by atoms with Crippen molar-refractivity contribution in [2.45, 2.75) is 6.54 Å². The Morgan fingerprint density at radius 1 is 1.09 bits per heavy atom. The molecule has 0 atom stereocenters. The molecule has 0 radical (unpaired) electrons. The molecular formula is C17H14N2O3. The van der Waals surface area contributed by atoms with Crippen LogP contribution in [0.2, 0.25) is 0 Å². The van der Waals surface area contributed by atoms with Gasteiger partial charge in [-0.2, -0.15) is 0 Å². The van der Waals surface area contributed by atoms with Gasteiger partial charge in [0.25, 0.3) is 5.56 Å². The van der Waals surface area contributed by atoms with Crippen molar-refractivity contribution in [1.82, 2.24) is 9.55 Å². The summed E-state index contributed by atoms with van der Waals surface area (Å²) in [6, 6.07) is 16.8. The van der Waals surface area contributed by atoms with Crippen LogP contribution in [0.25, 0.3) is 11.0 Å². The third-order valence-electron chi connectivity index (χ3n) is 3.41. The molecule has 1 heterocycles. The molecule has 5 heteroatoms. The zero-order valence-corrected chi connectivity index (χ0v) is 12.0. The highest BCUT2D eigenvalue weighted by molar-refractivity contribution is 5.89. The zero-order chi connectivity index (χ0) is 15.5. The molecule has 0 aliphatic heterocycles. The third kappa shape index (κ3) is 2.48. The van der Waals surface area contributed by atoms with Crippen LogP contribution in [-0.4, -0.2) is 22.6 Å². The van der Waals surface area contributed by atoms with Gasteiger partial charge in [0.15, 0.2) is 0 Å². The highest BCUT2D eigenvalue weighted by Crippen LogP contribution is 2.12. The maximum Gasteiger partial charge on any atom is 0.362 e. The minimum absolute atomic E-state index is 0.197. The number of nitrogens with zero attached hydrogens (tertiary/aromatic N) is 2. The maximum atomic E-state index is 12.6. The lowest BCUT2D eigenvalue weighted by atomic mass is 10.2. The summed E-state index contributed by atoms with van der Waals surface area (Å²) in [7, 11) is 1.24. The molecule has 0 saturated heterocycles. The summed E-state index contributed by atoms with van der Waals surface area (Å²) in [5, 5.41) is 0. The number of hydrogen-bond acceptors (Lipinski definition) is 4. The van der Waals surface area contributed by atoms with E-state index in [0.29, 0.717) is 17.6 Å². The number of esters is 1. The second-order valence-corrected chi connectivity index (χ2v) is 4.82. The second-order valence-electron chi connectivity index (χ2n) is 4.82. The number of methoxy groups -OCH3 is 1. The summed E-state index contributed by atoms with van der Waals surface area (Å²) in [6.07, 6.45) is 0. The number of rotatable bonds is 3. The predicted molar refractivity (Wildman–Crippen MR) is 82.9 cm³/mol. The first-order chi connectivity index (χ1) is 10.7. The van der Waals surface area contributed by atoms with E-state index in [1.165, 1.54) is 7.11 Å². The van der Waals surface area contributed by atoms with E-state index in [0.717, 1.165) is 5.56 Å². The fourth-order valence-corrected chi connectivity index (χ4v) is 2.35. The van der Waals surface area contributed by atoms with Gasteiger partial charge in [0.2, 0.25) is 5.69 Å². The van der Waals surface area contributed by atoms with Gasteiger partial charge in [-0.15, -0.1) is 0 Å². The molecule has 0 fully saturated rings. The van der Waals surface area contributed by atoms with Gasteiger partial charge in [-0.3, -0.25) is 4.79 Å². The van der Waals surface area contributed by atoms with E-state index in [1.54, 1.807) is 10.6 Å². The first kappa shape index (κ1) is 14.0. The quantitative estimate of drug-likeness (QED) is 0.695. The Labute approximate surface area is 126 Å². The van der Waals surface area contributed by atoms with E-state index in [1.807, 2.05) is 48.5 Å². The Bertz CT molecular complexity index is 885. The fraction of sp³-hybridized carbons (Fsp3) is 0.118. The van der Waals surface area contributed by atoms with Gasteiger partial charge in [0, 0.05) is 0 Å². The van der Waals surface area contributed by atoms with Crippen LogP contribution in [0.1, 0.15) is 16.1 Å². The van der Waals surface area contributed by atoms with E-state index in [-0.39, 0.29) is 5.69 Å². The topological polar surface area (TPSA) is 61.2 Å². The van der Waals surface area contributed by atoms with E-state index >= 15 is 0 Å². The number of ether oxygens (including phenoxy) is 1. The molecule has 2 aromatic carbocycles. The molecule has 0 spiro atoms. The Morgan fingerprint density at radius 2 is 1.77 bits per heavy atom. The number of aromatic nitrogens is 2. The predicted octanol–water partition coefficient (Wildman–Crippen LogP) is 2.23. The third-order valence-corrected chi connectivity index (χ3v) is 3.41. The van der Waals surface area contributed by atoms with Crippen LogP contribution in [0, 0.1) is 0 Å². The molecule has 0 aliphatic rings. The van der Waals surface area contributed by atoms with Crippen molar-refractivity contribution in [1.29, 1.82) is 0 Å². The van der Waals surface area contributed by atoms with E-state index in [2.05, 4.69) is 9.72 Å². The summed E-state index contributed by atoms with van der Waals surface area (Å²) >= 11 is 0. The number of benzene rings is 2. The van der Waals surface area contributed by atoms with Crippen LogP contribution in [0.5, 0.6) is 0 Å². The first-order valence-corrected chi connectivity index (χ1v) is 6.82. The highest BCUT2D eigenvalue weighted by atomic mass is 16.5. The maximum absolute atomic E-state index is 12.6. The van der Waals surface area contributed by atoms with Gasteiger partial charge < -0.3 is 9.30 Å². The summed E-state index contributed by atoms with van der Waals surface area (Å²) in [4.78, 5) is 28.5. The number of carbonyl (C=O) groups is 1. The molecule has 0 saturated carbocycles. The van der Waals surface area contributed by atoms with Gasteiger partial charge >= 0.3 is 5.97 Å². The molecule has 0 N–H and O–H groups in total. The molecule has 5 nitrogen and oxygen atoms in total. The average Bonchev–Trinajstić information content (AvgIpc) is 2.57. The lowest BCUT2D eigenvalue weighted by molar-refractivity contribution is 0.0591. The van der Waals surface area contributed by atoms with Crippen molar-refractivity contribution in [3.63, 3.8) is 0 Å². The number of hydrogen-bond donors (Lipinski definition) is 0. The van der Waals surface area contributed by atoms with Crippen molar-refractivity contribution in [3.05, 3.63) is 76.2 Å². The Hall–Kier alpha value is -2.95. The first-order valence-electron chi connectivity index (χ1n) is 6.82. The van der Waals surface area contributed by atoms with E-state index < -0.39 is 11.5 Å². The minimum Gasteiger partial charge on any atom is -0.464 e. The molecule has 0 bridgehead atoms. The van der Waals surface area contributed by atoms with Crippen LogP contribution in [0.15, 0.2) is 59.4 Å². The van der Waals surface area contributed by atoms with Crippen molar-refractivity contribution >= 4 is 17.0 Å². The van der Waals surface area contributed by atoms with Crippen molar-refractivity contribution < 1.29 is 9.53 Å². The molecule has 22 heavy (non-hydrogen) atoms. The fourth-order valence-electron chi connectivity index (χ4n) is 2.35. The summed E-state index contributed by atoms with van der Waals surface area (Å²) < 4.78 is 6.20. The normalized spacial score (nSPS) is 10.6. The molecule has 0 amide bonds. The molecular weight excluding hydrogens is 280 g/mol. The van der Waals surface area contributed by atoms with Gasteiger partial charge in [0.05, 0.1) is 24.7 Å². The van der Waals surface area contributed by atoms with E-state index in [9.17, 15) is 9.59 Å². The van der Waals surface area contributed by atoms with Crippen LogP contribution in [-0.2, 0) is 11.3 Å². The van der Waals surface area contributed by atoms with Crippen molar-refractivity contribution in [2.75, 3.05) is 7.11 Å². The van der Waals surface area contributed by atoms with Crippen LogP contribution < -0.4 is 5.56 Å². The van der Waals surface area contributed by atoms with Gasteiger partial charge in [-0.05, 0) is 17.7 Å². The highest BCUT2D eigenvalue weighted by Gasteiger charge is 2.17. The van der Waals surface area contributed by atoms with Crippen LogP contribution >= 0.6 is 0 Å².